The summed E-state index contributed by atoms with van der Waals surface area (Å²) in [4.78, 5) is 30.6. The number of carboxylic acids is 1. The third kappa shape index (κ3) is 10.1. The Hall–Kier alpha value is -3.98. The van der Waals surface area contributed by atoms with Crippen LogP contribution in [0.25, 0.3) is 22.1 Å². The van der Waals surface area contributed by atoms with E-state index in [1.165, 1.54) is 35.9 Å². The molecule has 6 rings (SSSR count). The molecule has 0 aliphatic carbocycles. The molecule has 0 amide bonds. The molecule has 0 aliphatic heterocycles. The van der Waals surface area contributed by atoms with E-state index >= 15 is 0 Å². The number of esters is 1. The van der Waals surface area contributed by atoms with Gasteiger partial charge in [0.25, 0.3) is 0 Å². The van der Waals surface area contributed by atoms with Crippen LogP contribution in [-0.4, -0.2) is 54.2 Å². The Bertz CT molecular complexity index is 2530. The predicted octanol–water partition coefficient (Wildman–Crippen LogP) is 7.08. The number of fused-ring (bicyclic) bond motifs is 2. The summed E-state index contributed by atoms with van der Waals surface area (Å²) >= 11 is 25.0. The van der Waals surface area contributed by atoms with Crippen molar-refractivity contribution >= 4 is 80.4 Å². The summed E-state index contributed by atoms with van der Waals surface area (Å²) in [6.45, 7) is 3.18. The number of hydrogen-bond donors (Lipinski definition) is 1. The van der Waals surface area contributed by atoms with Crippen LogP contribution >= 0.6 is 46.4 Å². The summed E-state index contributed by atoms with van der Waals surface area (Å²) in [5.41, 5.74) is 1.55. The van der Waals surface area contributed by atoms with Gasteiger partial charge in [0.2, 0.25) is 0 Å². The zero-order valence-corrected chi connectivity index (χ0v) is 34.2. The number of benzene rings is 2. The van der Waals surface area contributed by atoms with Gasteiger partial charge in [0, 0.05) is 59.1 Å². The Balaban J connectivity index is 0.000000381. The van der Waals surface area contributed by atoms with Crippen LogP contribution in [0.2, 0.25) is 20.1 Å². The monoisotopic (exact) mass is 888 g/mol. The van der Waals surface area contributed by atoms with Crippen molar-refractivity contribution in [1.29, 1.82) is 0 Å². The van der Waals surface area contributed by atoms with E-state index < -0.39 is 35.7 Å². The van der Waals surface area contributed by atoms with Crippen LogP contribution in [0.1, 0.15) is 65.7 Å². The average molecular weight is 890 g/mol. The minimum atomic E-state index is -4.55. The van der Waals surface area contributed by atoms with Crippen molar-refractivity contribution in [2.24, 2.45) is 14.1 Å². The SMILES string of the molecule is COC(=O)c1ccc(Cl)c(Cc2cc3c(C)cc(C(F)(F)F)nc3n2C)c1Cl.Cc1cc(C(F)(F)F)nc2c1cc(Cc1c(Cl)ccc(C(=O)O)c1Cl)n2C.O.[Li+].[OH-]. The van der Waals surface area contributed by atoms with Crippen LogP contribution in [0, 0.1) is 13.8 Å². The Morgan fingerprint density at radius 3 is 1.41 bits per heavy atom. The van der Waals surface area contributed by atoms with Gasteiger partial charge in [0.05, 0.1) is 28.3 Å². The Morgan fingerprint density at radius 2 is 1.07 bits per heavy atom. The van der Waals surface area contributed by atoms with Crippen LogP contribution in [0.4, 0.5) is 26.3 Å². The van der Waals surface area contributed by atoms with E-state index in [1.807, 2.05) is 0 Å². The van der Waals surface area contributed by atoms with Crippen LogP contribution < -0.4 is 18.9 Å². The largest absolute Gasteiger partial charge is 1.00 e. The number of methoxy groups -OCH3 is 1. The molecule has 6 aromatic rings. The van der Waals surface area contributed by atoms with Gasteiger partial charge < -0.3 is 29.9 Å². The van der Waals surface area contributed by atoms with Crippen LogP contribution in [0.5, 0.6) is 0 Å². The van der Waals surface area contributed by atoms with E-state index in [4.69, 9.17) is 51.1 Å². The number of aryl methyl sites for hydroxylation is 4. The van der Waals surface area contributed by atoms with E-state index in [-0.39, 0.29) is 80.1 Å². The number of rotatable bonds is 6. The van der Waals surface area contributed by atoms with Gasteiger partial charge >= 0.3 is 43.2 Å². The molecule has 4 N–H and O–H groups in total. The second-order valence-corrected chi connectivity index (χ2v) is 14.0. The van der Waals surface area contributed by atoms with Gasteiger partial charge in [-0.1, -0.05) is 46.4 Å². The molecular weight excluding hydrogens is 859 g/mol. The maximum absolute atomic E-state index is 13.1. The molecule has 0 saturated carbocycles. The molecule has 0 bridgehead atoms. The maximum atomic E-state index is 13.1. The summed E-state index contributed by atoms with van der Waals surface area (Å²) in [6, 6.07) is 11.2. The fourth-order valence-electron chi connectivity index (χ4n) is 5.94. The number of hydrogen-bond acceptors (Lipinski definition) is 6. The van der Waals surface area contributed by atoms with E-state index in [9.17, 15) is 41.0 Å². The zero-order valence-electron chi connectivity index (χ0n) is 31.2. The van der Waals surface area contributed by atoms with E-state index in [1.54, 1.807) is 44.6 Å². The van der Waals surface area contributed by atoms with Gasteiger partial charge in [-0.3, -0.25) is 0 Å². The van der Waals surface area contributed by atoms with Gasteiger partial charge in [-0.05, 0) is 84.6 Å². The van der Waals surface area contributed by atoms with Crippen LogP contribution in [-0.2, 0) is 44.0 Å². The summed E-state index contributed by atoms with van der Waals surface area (Å²) in [7, 11) is 4.45. The molecule has 0 saturated heterocycles. The topological polar surface area (TPSA) is 161 Å². The fourth-order valence-corrected chi connectivity index (χ4v) is 7.11. The maximum Gasteiger partial charge on any atom is 1.00 e. The Morgan fingerprint density at radius 1 is 0.707 bits per heavy atom. The minimum Gasteiger partial charge on any atom is -0.870 e. The Kier molecular flexibility index (Phi) is 16.4. The first kappa shape index (κ1) is 50.2. The number of pyridine rings is 2. The van der Waals surface area contributed by atoms with E-state index in [2.05, 4.69) is 9.97 Å². The molecule has 10 nitrogen and oxygen atoms in total. The van der Waals surface area contributed by atoms with Crippen LogP contribution in [0.15, 0.2) is 48.5 Å². The number of aromatic nitrogens is 4. The summed E-state index contributed by atoms with van der Waals surface area (Å²) in [5, 5.41) is 11.1. The van der Waals surface area contributed by atoms with Crippen molar-refractivity contribution in [2.75, 3.05) is 7.11 Å². The predicted molar refractivity (Wildman–Crippen MR) is 203 cm³/mol. The van der Waals surface area contributed by atoms with Crippen molar-refractivity contribution in [3.63, 3.8) is 0 Å². The minimum absolute atomic E-state index is 0. The summed E-state index contributed by atoms with van der Waals surface area (Å²) < 4.78 is 86.2. The number of carboxylic acid groups (broad SMARTS) is 1. The molecular formula is C37H31Cl4F6LiN4O6. The average Bonchev–Trinajstić information content (AvgIpc) is 3.59. The summed E-state index contributed by atoms with van der Waals surface area (Å²) in [5.74, 6) is -1.80. The molecule has 0 aliphatic rings. The number of carbonyl (C=O) groups is 2. The second kappa shape index (κ2) is 18.9. The van der Waals surface area contributed by atoms with Crippen molar-refractivity contribution in [2.45, 2.75) is 39.0 Å². The smallest absolute Gasteiger partial charge is 0.870 e. The quantitative estimate of drug-likeness (QED) is 0.106. The molecule has 0 atom stereocenters. The van der Waals surface area contributed by atoms with Gasteiger partial charge in [-0.2, -0.15) is 26.3 Å². The number of alkyl halides is 6. The van der Waals surface area contributed by atoms with Gasteiger partial charge in [0.15, 0.2) is 0 Å². The van der Waals surface area contributed by atoms with E-state index in [0.29, 0.717) is 49.4 Å². The zero-order chi connectivity index (χ0) is 40.9. The molecule has 4 aromatic heterocycles. The van der Waals surface area contributed by atoms with Crippen molar-refractivity contribution in [3.05, 3.63) is 125 Å². The van der Waals surface area contributed by atoms with Gasteiger partial charge in [-0.15, -0.1) is 0 Å². The normalized spacial score (nSPS) is 11.3. The second-order valence-electron chi connectivity index (χ2n) is 12.4. The van der Waals surface area contributed by atoms with Gasteiger partial charge in [0.1, 0.15) is 22.7 Å². The third-order valence-electron chi connectivity index (χ3n) is 8.91. The summed E-state index contributed by atoms with van der Waals surface area (Å²) in [6.07, 6.45) is -8.74. The number of ether oxygens (including phenoxy) is 1. The molecule has 58 heavy (non-hydrogen) atoms. The fraction of sp³-hybridized carbons (Fsp3) is 0.243. The standard InChI is InChI=1S/C19H15Cl2F3N2O2.C18H13Cl2F3N2O2.Li.2H2O/c1-9-6-15(19(22,23)24)25-17-12(9)7-10(26(17)2)8-13-14(20)5-4-11(16(13)21)18(27)28-3;1-8-5-14(18(21,22)23)24-16-11(8)6-9(25(16)2)7-12-13(19)4-3-10(15(12)20)17(26)27;;;/h4-7H,8H2,1-3H3;3-6H,7H2,1-2H3,(H,26,27);;2*1H2/q;;+1;;/p-1. The van der Waals surface area contributed by atoms with E-state index in [0.717, 1.165) is 12.1 Å². The van der Waals surface area contributed by atoms with Crippen molar-refractivity contribution in [1.82, 2.24) is 19.1 Å². The van der Waals surface area contributed by atoms with Crippen LogP contribution in [0.3, 0.4) is 0 Å². The Labute approximate surface area is 358 Å². The number of nitrogens with zero attached hydrogens (tertiary/aromatic N) is 4. The number of halogens is 10. The first-order valence-corrected chi connectivity index (χ1v) is 17.4. The number of aromatic carboxylic acids is 1. The third-order valence-corrected chi connectivity index (χ3v) is 10.5. The number of carbonyl (C=O) groups excluding carboxylic acids is 1. The molecule has 0 fully saturated rings. The molecule has 2 aromatic carbocycles. The molecule has 4 heterocycles. The van der Waals surface area contributed by atoms with Gasteiger partial charge in [-0.25, -0.2) is 19.6 Å². The van der Waals surface area contributed by atoms with Crippen molar-refractivity contribution in [3.8, 4) is 0 Å². The first-order valence-electron chi connectivity index (χ1n) is 15.9. The first-order chi connectivity index (χ1) is 25.5. The molecule has 0 unspecified atom stereocenters. The molecule has 306 valence electrons. The van der Waals surface area contributed by atoms with Crippen molar-refractivity contribution < 1.29 is 75.6 Å². The molecule has 0 spiro atoms. The molecule has 0 radical (unpaired) electrons. The molecule has 21 heteroatoms.